The van der Waals surface area contributed by atoms with E-state index in [9.17, 15) is 26.3 Å². The highest BCUT2D eigenvalue weighted by Gasteiger charge is 2.59. The largest absolute Gasteiger partial charge is 0.439 e. The van der Waals surface area contributed by atoms with Gasteiger partial charge in [-0.05, 0) is 53.5 Å². The topological polar surface area (TPSA) is 9.23 Å². The van der Waals surface area contributed by atoms with Crippen molar-refractivity contribution in [2.45, 2.75) is 57.0 Å². The molecule has 30 heavy (non-hydrogen) atoms. The lowest BCUT2D eigenvalue weighted by Crippen LogP contribution is -2.45. The molecule has 0 aliphatic heterocycles. The number of hydrogen-bond donors (Lipinski definition) is 0. The first-order valence-corrected chi connectivity index (χ1v) is 10.0. The number of halogens is 7. The smallest absolute Gasteiger partial charge is 0.429 e. The zero-order chi connectivity index (χ0) is 22.1. The second-order valence-corrected chi connectivity index (χ2v) is 8.20. The molecule has 2 aromatic rings. The molecule has 1 nitrogen and oxygen atoms in total. The van der Waals surface area contributed by atoms with E-state index in [-0.39, 0.29) is 5.02 Å². The fourth-order valence-corrected chi connectivity index (χ4v) is 3.91. The Morgan fingerprint density at radius 2 is 1.47 bits per heavy atom. The summed E-state index contributed by atoms with van der Waals surface area (Å²) in [6.45, 7) is 2.25. The van der Waals surface area contributed by atoms with Crippen LogP contribution in [0.4, 0.5) is 26.3 Å². The molecule has 1 aliphatic rings. The Morgan fingerprint density at radius 3 is 2.00 bits per heavy atom. The Bertz CT molecular complexity index is 857. The van der Waals surface area contributed by atoms with Gasteiger partial charge in [0.25, 0.3) is 6.17 Å². The Kier molecular flexibility index (Phi) is 6.60. The Morgan fingerprint density at radius 1 is 0.900 bits per heavy atom. The lowest BCUT2D eigenvalue weighted by Gasteiger charge is -2.26. The summed E-state index contributed by atoms with van der Waals surface area (Å²) in [5.41, 5.74) is 2.58. The van der Waals surface area contributed by atoms with Crippen molar-refractivity contribution in [2.75, 3.05) is 0 Å². The molecule has 3 rings (SSSR count). The van der Waals surface area contributed by atoms with Gasteiger partial charge in [-0.25, -0.2) is 4.39 Å². The maximum atomic E-state index is 13.5. The molecule has 1 saturated carbocycles. The maximum Gasteiger partial charge on any atom is 0.439 e. The van der Waals surface area contributed by atoms with Gasteiger partial charge in [-0.15, -0.1) is 0 Å². The Hall–Kier alpha value is -1.89. The first-order chi connectivity index (χ1) is 14.0. The van der Waals surface area contributed by atoms with Crippen molar-refractivity contribution in [3.63, 3.8) is 0 Å². The van der Waals surface area contributed by atoms with Crippen LogP contribution in [0.3, 0.4) is 0 Å². The number of rotatable bonds is 5. The van der Waals surface area contributed by atoms with Crippen LogP contribution in [0.2, 0.25) is 5.02 Å². The van der Waals surface area contributed by atoms with Crippen molar-refractivity contribution in [3.05, 3.63) is 53.1 Å². The van der Waals surface area contributed by atoms with Gasteiger partial charge in [0.05, 0.1) is 5.02 Å². The normalized spacial score (nSPS) is 21.3. The quantitative estimate of drug-likeness (QED) is 0.417. The van der Waals surface area contributed by atoms with Gasteiger partial charge < -0.3 is 4.74 Å². The van der Waals surface area contributed by atoms with Crippen LogP contribution in [0.15, 0.2) is 42.5 Å². The molecule has 2 aromatic carbocycles. The van der Waals surface area contributed by atoms with Crippen molar-refractivity contribution in [2.24, 2.45) is 5.92 Å². The molecule has 0 amide bonds. The predicted octanol–water partition coefficient (Wildman–Crippen LogP) is 8.17. The molecule has 0 N–H and O–H groups in total. The third-order valence-corrected chi connectivity index (χ3v) is 5.79. The van der Waals surface area contributed by atoms with E-state index in [0.717, 1.165) is 30.4 Å². The van der Waals surface area contributed by atoms with E-state index in [0.29, 0.717) is 11.5 Å². The summed E-state index contributed by atoms with van der Waals surface area (Å²) in [6.07, 6.45) is -10.6. The Balaban J connectivity index is 1.73. The van der Waals surface area contributed by atoms with Gasteiger partial charge in [-0.2, -0.15) is 22.0 Å². The minimum atomic E-state index is -5.76. The van der Waals surface area contributed by atoms with Gasteiger partial charge in [0.15, 0.2) is 0 Å². The first-order valence-electron chi connectivity index (χ1n) is 9.65. The fraction of sp³-hybridized carbons (Fsp3) is 0.455. The fourth-order valence-electron chi connectivity index (χ4n) is 3.69. The summed E-state index contributed by atoms with van der Waals surface area (Å²) in [5, 5.41) is -0.341. The maximum absolute atomic E-state index is 13.5. The van der Waals surface area contributed by atoms with Crippen LogP contribution < -0.4 is 4.74 Å². The number of ether oxygens (including phenoxy) is 1. The molecule has 0 heterocycles. The minimum absolute atomic E-state index is 0.341. The second-order valence-electron chi connectivity index (χ2n) is 7.79. The van der Waals surface area contributed by atoms with Crippen LogP contribution in [0, 0.1) is 5.92 Å². The van der Waals surface area contributed by atoms with E-state index in [1.54, 1.807) is 0 Å². The van der Waals surface area contributed by atoms with Crippen molar-refractivity contribution in [1.29, 1.82) is 0 Å². The molecule has 0 aromatic heterocycles. The molecular formula is C22H21ClF6O. The van der Waals surface area contributed by atoms with Crippen LogP contribution in [0.25, 0.3) is 11.1 Å². The molecule has 1 unspecified atom stereocenters. The molecule has 1 atom stereocenters. The summed E-state index contributed by atoms with van der Waals surface area (Å²) in [6, 6.07) is 11.5. The van der Waals surface area contributed by atoms with Crippen LogP contribution in [-0.4, -0.2) is 18.5 Å². The molecule has 1 aliphatic carbocycles. The zero-order valence-corrected chi connectivity index (χ0v) is 16.9. The third kappa shape index (κ3) is 5.23. The van der Waals surface area contributed by atoms with Crippen LogP contribution in [-0.2, 0) is 0 Å². The third-order valence-electron chi connectivity index (χ3n) is 5.49. The van der Waals surface area contributed by atoms with Crippen molar-refractivity contribution < 1.29 is 31.1 Å². The molecule has 0 bridgehead atoms. The summed E-state index contributed by atoms with van der Waals surface area (Å²) >= 11 is 5.91. The molecule has 1 fully saturated rings. The highest BCUT2D eigenvalue weighted by molar-refractivity contribution is 6.32. The highest BCUT2D eigenvalue weighted by Crippen LogP contribution is 2.40. The molecule has 0 saturated heterocycles. The summed E-state index contributed by atoms with van der Waals surface area (Å²) in [7, 11) is 0. The number of benzene rings is 2. The highest BCUT2D eigenvalue weighted by atomic mass is 35.5. The van der Waals surface area contributed by atoms with Gasteiger partial charge in [0, 0.05) is 0 Å². The average molecular weight is 451 g/mol. The number of hydrogen-bond acceptors (Lipinski definition) is 1. The summed E-state index contributed by atoms with van der Waals surface area (Å²) < 4.78 is 80.7. The van der Waals surface area contributed by atoms with E-state index < -0.39 is 24.2 Å². The van der Waals surface area contributed by atoms with Gasteiger partial charge in [0.1, 0.15) is 5.75 Å². The monoisotopic (exact) mass is 450 g/mol. The number of alkyl halides is 6. The molecule has 164 valence electrons. The average Bonchev–Trinajstić information content (AvgIpc) is 2.69. The van der Waals surface area contributed by atoms with Gasteiger partial charge in [0.2, 0.25) is 0 Å². The van der Waals surface area contributed by atoms with E-state index in [1.165, 1.54) is 30.5 Å². The summed E-state index contributed by atoms with van der Waals surface area (Å²) in [4.78, 5) is 0. The molecular weight excluding hydrogens is 430 g/mol. The lowest BCUT2D eigenvalue weighted by atomic mass is 9.79. The van der Waals surface area contributed by atoms with Crippen LogP contribution in [0.1, 0.15) is 44.1 Å². The van der Waals surface area contributed by atoms with E-state index in [4.69, 9.17) is 11.6 Å². The molecule has 0 spiro atoms. The van der Waals surface area contributed by atoms with Crippen molar-refractivity contribution >= 4 is 11.6 Å². The zero-order valence-electron chi connectivity index (χ0n) is 16.2. The van der Waals surface area contributed by atoms with E-state index >= 15 is 0 Å². The summed E-state index contributed by atoms with van der Waals surface area (Å²) in [5.74, 6) is 0.531. The lowest BCUT2D eigenvalue weighted by molar-refractivity contribution is -0.304. The van der Waals surface area contributed by atoms with E-state index in [2.05, 4.69) is 11.7 Å². The molecule has 8 heteroatoms. The van der Waals surface area contributed by atoms with Crippen LogP contribution in [0.5, 0.6) is 5.75 Å². The molecule has 0 radical (unpaired) electrons. The predicted molar refractivity (Wildman–Crippen MR) is 104 cm³/mol. The standard InChI is InChI=1S/C22H21ClF6O/c1-13-2-4-14(5-3-13)15-6-8-16(9-7-15)17-10-11-19(18(23)12-17)30-22(28,29)20(24)21(25,26)27/h6-14,20H,2-5H2,1H3. The first kappa shape index (κ1) is 22.8. The Labute approximate surface area is 176 Å². The van der Waals surface area contributed by atoms with Gasteiger partial charge in [-0.3, -0.25) is 0 Å². The van der Waals surface area contributed by atoms with Crippen molar-refractivity contribution in [3.8, 4) is 16.9 Å². The SMILES string of the molecule is CC1CCC(c2ccc(-c3ccc(OC(F)(F)C(F)C(F)(F)F)c(Cl)c3)cc2)CC1. The van der Waals surface area contributed by atoms with Crippen LogP contribution >= 0.6 is 11.6 Å². The van der Waals surface area contributed by atoms with Gasteiger partial charge in [-0.1, -0.05) is 61.7 Å². The van der Waals surface area contributed by atoms with Crippen molar-refractivity contribution in [1.82, 2.24) is 0 Å². The second kappa shape index (κ2) is 8.69. The van der Waals surface area contributed by atoms with E-state index in [1.807, 2.05) is 24.3 Å². The van der Waals surface area contributed by atoms with Gasteiger partial charge >= 0.3 is 12.3 Å². The minimum Gasteiger partial charge on any atom is -0.429 e.